The molecule has 1 amide bonds. The molecule has 5 heteroatoms. The van der Waals surface area contributed by atoms with Gasteiger partial charge in [0, 0.05) is 17.6 Å². The molecule has 1 heterocycles. The molecule has 0 aliphatic rings. The molecule has 100 valence electrons. The van der Waals surface area contributed by atoms with Gasteiger partial charge in [-0.3, -0.25) is 4.79 Å². The average Bonchev–Trinajstić information content (AvgIpc) is 2.42. The van der Waals surface area contributed by atoms with Crippen molar-refractivity contribution < 1.29 is 4.79 Å². The van der Waals surface area contributed by atoms with Gasteiger partial charge in [-0.2, -0.15) is 5.26 Å². The molecule has 2 aromatic rings. The monoisotopic (exact) mass is 266 g/mol. The van der Waals surface area contributed by atoms with Crippen LogP contribution in [0.15, 0.2) is 30.5 Å². The first-order valence-electron chi connectivity index (χ1n) is 6.05. The summed E-state index contributed by atoms with van der Waals surface area (Å²) in [6.45, 7) is 3.76. The number of nitrogens with one attached hydrogen (secondary N) is 1. The Morgan fingerprint density at radius 3 is 2.45 bits per heavy atom. The lowest BCUT2D eigenvalue weighted by Gasteiger charge is -2.12. The Bertz CT molecular complexity index is 676. The predicted octanol–water partition coefficient (Wildman–Crippen LogP) is 2.40. The maximum Gasteiger partial charge on any atom is 0.274 e. The van der Waals surface area contributed by atoms with Gasteiger partial charge in [-0.05, 0) is 49.2 Å². The molecule has 0 aliphatic heterocycles. The number of aryl methyl sites for hydroxylation is 2. The fourth-order valence-electron chi connectivity index (χ4n) is 1.97. The Labute approximate surface area is 117 Å². The SMILES string of the molecule is Cc1cc(N)cc(C)c1NC(=O)c1ccc(C#N)cn1. The third kappa shape index (κ3) is 2.75. The highest BCUT2D eigenvalue weighted by Crippen LogP contribution is 2.23. The van der Waals surface area contributed by atoms with Crippen LogP contribution in [0.5, 0.6) is 0 Å². The van der Waals surface area contributed by atoms with E-state index in [4.69, 9.17) is 11.0 Å². The van der Waals surface area contributed by atoms with Gasteiger partial charge in [0.05, 0.1) is 5.56 Å². The second-order valence-corrected chi connectivity index (χ2v) is 4.53. The Balaban J connectivity index is 2.26. The van der Waals surface area contributed by atoms with Crippen LogP contribution >= 0.6 is 0 Å². The molecule has 0 bridgehead atoms. The molecule has 5 nitrogen and oxygen atoms in total. The van der Waals surface area contributed by atoms with E-state index in [-0.39, 0.29) is 11.6 Å². The summed E-state index contributed by atoms with van der Waals surface area (Å²) in [6.07, 6.45) is 1.37. The summed E-state index contributed by atoms with van der Waals surface area (Å²) in [4.78, 5) is 16.1. The van der Waals surface area contributed by atoms with Crippen LogP contribution in [0.2, 0.25) is 0 Å². The summed E-state index contributed by atoms with van der Waals surface area (Å²) >= 11 is 0. The van der Waals surface area contributed by atoms with E-state index in [1.165, 1.54) is 12.3 Å². The van der Waals surface area contributed by atoms with Crippen LogP contribution in [0.1, 0.15) is 27.2 Å². The van der Waals surface area contributed by atoms with Crippen LogP contribution in [0, 0.1) is 25.2 Å². The number of pyridine rings is 1. The number of rotatable bonds is 2. The maximum atomic E-state index is 12.1. The van der Waals surface area contributed by atoms with Crippen LogP contribution in [-0.2, 0) is 0 Å². The molecule has 0 fully saturated rings. The molecular weight excluding hydrogens is 252 g/mol. The summed E-state index contributed by atoms with van der Waals surface area (Å²) < 4.78 is 0. The number of nitrogens with zero attached hydrogens (tertiary/aromatic N) is 2. The highest BCUT2D eigenvalue weighted by molar-refractivity contribution is 6.03. The molecule has 0 saturated heterocycles. The molecule has 1 aromatic carbocycles. The molecule has 20 heavy (non-hydrogen) atoms. The fraction of sp³-hybridized carbons (Fsp3) is 0.133. The summed E-state index contributed by atoms with van der Waals surface area (Å²) in [6, 6.07) is 8.64. The quantitative estimate of drug-likeness (QED) is 0.816. The summed E-state index contributed by atoms with van der Waals surface area (Å²) in [5.41, 5.74) is 9.61. The van der Waals surface area contributed by atoms with E-state index in [2.05, 4.69) is 10.3 Å². The Hall–Kier alpha value is -2.87. The molecule has 2 rings (SSSR count). The van der Waals surface area contributed by atoms with E-state index < -0.39 is 0 Å². The Morgan fingerprint density at radius 2 is 1.95 bits per heavy atom. The van der Waals surface area contributed by atoms with E-state index in [1.807, 2.05) is 19.9 Å². The highest BCUT2D eigenvalue weighted by Gasteiger charge is 2.11. The number of nitrogen functional groups attached to an aromatic ring is 1. The lowest BCUT2D eigenvalue weighted by molar-refractivity contribution is 0.102. The Kier molecular flexibility index (Phi) is 3.67. The van der Waals surface area contributed by atoms with E-state index in [0.29, 0.717) is 11.3 Å². The van der Waals surface area contributed by atoms with Crippen molar-refractivity contribution in [2.24, 2.45) is 0 Å². The molecule has 0 atom stereocenters. The first kappa shape index (κ1) is 13.6. The summed E-state index contributed by atoms with van der Waals surface area (Å²) in [7, 11) is 0. The minimum Gasteiger partial charge on any atom is -0.399 e. The minimum absolute atomic E-state index is 0.264. The third-order valence-electron chi connectivity index (χ3n) is 2.92. The number of amides is 1. The number of carbonyl (C=O) groups is 1. The average molecular weight is 266 g/mol. The normalized spacial score (nSPS) is 9.85. The molecule has 3 N–H and O–H groups in total. The number of hydrogen-bond donors (Lipinski definition) is 2. The minimum atomic E-state index is -0.314. The number of hydrogen-bond acceptors (Lipinski definition) is 4. The van der Waals surface area contributed by atoms with Crippen molar-refractivity contribution in [2.45, 2.75) is 13.8 Å². The van der Waals surface area contributed by atoms with Crippen molar-refractivity contribution in [1.29, 1.82) is 5.26 Å². The number of carbonyl (C=O) groups excluding carboxylic acids is 1. The third-order valence-corrected chi connectivity index (χ3v) is 2.92. The molecular formula is C15H14N4O. The molecule has 0 unspecified atom stereocenters. The van der Waals surface area contributed by atoms with Crippen LogP contribution in [-0.4, -0.2) is 10.9 Å². The molecule has 0 spiro atoms. The standard InChI is InChI=1S/C15H14N4O/c1-9-5-12(17)6-10(2)14(9)19-15(20)13-4-3-11(7-16)8-18-13/h3-6,8H,17H2,1-2H3,(H,19,20). The van der Waals surface area contributed by atoms with Crippen LogP contribution in [0.3, 0.4) is 0 Å². The number of anilines is 2. The van der Waals surface area contributed by atoms with Gasteiger partial charge in [0.15, 0.2) is 0 Å². The first-order chi connectivity index (χ1) is 9.51. The van der Waals surface area contributed by atoms with Gasteiger partial charge in [0.2, 0.25) is 0 Å². The number of nitrogens with two attached hydrogens (primary N) is 1. The van der Waals surface area contributed by atoms with Gasteiger partial charge in [-0.25, -0.2) is 4.98 Å². The number of nitriles is 1. The van der Waals surface area contributed by atoms with E-state index in [9.17, 15) is 4.79 Å². The van der Waals surface area contributed by atoms with Crippen LogP contribution in [0.25, 0.3) is 0 Å². The molecule has 0 saturated carbocycles. The number of benzene rings is 1. The Morgan fingerprint density at radius 1 is 1.30 bits per heavy atom. The van der Waals surface area contributed by atoms with Gasteiger partial charge in [-0.1, -0.05) is 0 Å². The van der Waals surface area contributed by atoms with Gasteiger partial charge in [0.1, 0.15) is 11.8 Å². The van der Waals surface area contributed by atoms with Crippen molar-refractivity contribution in [2.75, 3.05) is 11.1 Å². The van der Waals surface area contributed by atoms with Gasteiger partial charge >= 0.3 is 0 Å². The maximum absolute atomic E-state index is 12.1. The summed E-state index contributed by atoms with van der Waals surface area (Å²) in [5, 5.41) is 11.5. The zero-order chi connectivity index (χ0) is 14.7. The van der Waals surface area contributed by atoms with Gasteiger partial charge in [0.25, 0.3) is 5.91 Å². The largest absolute Gasteiger partial charge is 0.399 e. The van der Waals surface area contributed by atoms with Crippen molar-refractivity contribution in [3.63, 3.8) is 0 Å². The molecule has 0 aliphatic carbocycles. The van der Waals surface area contributed by atoms with Crippen LogP contribution in [0.4, 0.5) is 11.4 Å². The van der Waals surface area contributed by atoms with Gasteiger partial charge in [-0.15, -0.1) is 0 Å². The topological polar surface area (TPSA) is 91.8 Å². The number of aromatic nitrogens is 1. The zero-order valence-electron chi connectivity index (χ0n) is 11.3. The molecule has 0 radical (unpaired) electrons. The second kappa shape index (κ2) is 5.41. The van der Waals surface area contributed by atoms with Crippen LogP contribution < -0.4 is 11.1 Å². The summed E-state index contributed by atoms with van der Waals surface area (Å²) in [5.74, 6) is -0.314. The lowest BCUT2D eigenvalue weighted by Crippen LogP contribution is -2.15. The van der Waals surface area contributed by atoms with Crippen molar-refractivity contribution >= 4 is 17.3 Å². The lowest BCUT2D eigenvalue weighted by atomic mass is 10.1. The highest BCUT2D eigenvalue weighted by atomic mass is 16.1. The van der Waals surface area contributed by atoms with E-state index >= 15 is 0 Å². The van der Waals surface area contributed by atoms with E-state index in [1.54, 1.807) is 18.2 Å². The fourth-order valence-corrected chi connectivity index (χ4v) is 1.97. The smallest absolute Gasteiger partial charge is 0.274 e. The predicted molar refractivity (Wildman–Crippen MR) is 77.2 cm³/mol. The second-order valence-electron chi connectivity index (χ2n) is 4.53. The molecule has 1 aromatic heterocycles. The first-order valence-corrected chi connectivity index (χ1v) is 6.05. The van der Waals surface area contributed by atoms with Crippen molar-refractivity contribution in [3.05, 3.63) is 52.8 Å². The van der Waals surface area contributed by atoms with Crippen molar-refractivity contribution in [1.82, 2.24) is 4.98 Å². The van der Waals surface area contributed by atoms with Gasteiger partial charge < -0.3 is 11.1 Å². The van der Waals surface area contributed by atoms with Crippen molar-refractivity contribution in [3.8, 4) is 6.07 Å². The van der Waals surface area contributed by atoms with E-state index in [0.717, 1.165) is 16.8 Å². The zero-order valence-corrected chi connectivity index (χ0v) is 11.3.